The molecule has 4 N–H and O–H groups in total. The molecule has 2 aliphatic heterocycles. The number of alkyl halides is 18. The minimum absolute atomic E-state index is 0.0169. The van der Waals surface area contributed by atoms with Crippen molar-refractivity contribution in [3.05, 3.63) is 167 Å². The molecule has 4 aromatic carbocycles. The Morgan fingerprint density at radius 1 is 0.466 bits per heavy atom. The highest BCUT2D eigenvalue weighted by molar-refractivity contribution is 5.95. The molecule has 0 spiro atoms. The predicted octanol–water partition coefficient (Wildman–Crippen LogP) is 15.2. The van der Waals surface area contributed by atoms with E-state index in [1.54, 1.807) is 23.6 Å². The number of nitrogens with zero attached hydrogens (tertiary/aromatic N) is 8. The largest absolute Gasteiger partial charge is 0.419 e. The van der Waals surface area contributed by atoms with Crippen molar-refractivity contribution in [2.75, 3.05) is 58.9 Å². The van der Waals surface area contributed by atoms with Gasteiger partial charge in [-0.05, 0) is 85.6 Å². The number of hydrogen-bond acceptors (Lipinski definition) is 10. The third-order valence-corrected chi connectivity index (χ3v) is 14.8. The Labute approximate surface area is 487 Å². The first-order valence-electron chi connectivity index (χ1n) is 26.3. The van der Waals surface area contributed by atoms with Crippen molar-refractivity contribution in [3.8, 4) is 22.3 Å². The van der Waals surface area contributed by atoms with Crippen LogP contribution in [0.1, 0.15) is 70.6 Å². The quantitative estimate of drug-likeness (QED) is 0.0774. The molecule has 0 unspecified atom stereocenters. The van der Waals surface area contributed by atoms with E-state index < -0.39 is 94.7 Å². The standard InChI is InChI=1S/2C29H24F9N5O/c2*1-3-23(44)17-10-21(29(36,37)38)25(39-13-17)42-8-9-43(15(2)14-42)26-40-22-12-19(28(33,34)35)11-20(24(22)41-26)16-4-6-18(7-5-16)27(30,31)32/h2*3-7,10-13,15,23,44H,1,8-9,14H2,2H3,(H,40,41)/t15-,23+;15-,23-/m11/s1. The maximum Gasteiger partial charge on any atom is 0.419 e. The molecular formula is C58H48F18N10O2. The first-order valence-corrected chi connectivity index (χ1v) is 26.3. The molecule has 10 rings (SSSR count). The SMILES string of the molecule is C=C[C@@H](O)c1cnc(N2CCN(c3nc4c(-c5ccc(C(F)(F)F)cc5)cc(C(F)(F)F)cc4[nH]3)[C@H](C)C2)c(C(F)(F)F)c1.C=C[C@H](O)c1cnc(N2CCN(c3nc4c(-c5ccc(C(F)(F)F)cc5)cc(C(F)(F)F)cc4[nH]3)[C@H](C)C2)c(C(F)(F)F)c1. The van der Waals surface area contributed by atoms with Gasteiger partial charge in [0.15, 0.2) is 0 Å². The zero-order valence-corrected chi connectivity index (χ0v) is 45.6. The van der Waals surface area contributed by atoms with Gasteiger partial charge < -0.3 is 39.8 Å². The van der Waals surface area contributed by atoms with Crippen molar-refractivity contribution < 1.29 is 89.2 Å². The molecule has 8 aromatic rings. The summed E-state index contributed by atoms with van der Waals surface area (Å²) in [5.74, 6) is -0.387. The normalized spacial score (nSPS) is 17.3. The number of benzene rings is 4. The Hall–Kier alpha value is -8.54. The second-order valence-electron chi connectivity index (χ2n) is 20.7. The van der Waals surface area contributed by atoms with Crippen LogP contribution in [-0.4, -0.2) is 91.5 Å². The number of imidazole rings is 2. The Balaban J connectivity index is 0.000000209. The summed E-state index contributed by atoms with van der Waals surface area (Å²) in [5, 5.41) is 19.8. The molecule has 0 radical (unpaired) electrons. The van der Waals surface area contributed by atoms with Gasteiger partial charge in [-0.3, -0.25) is 0 Å². The van der Waals surface area contributed by atoms with Gasteiger partial charge in [0.25, 0.3) is 0 Å². The van der Waals surface area contributed by atoms with Crippen molar-refractivity contribution in [1.29, 1.82) is 0 Å². The fraction of sp³-hybridized carbons (Fsp3) is 0.310. The molecule has 468 valence electrons. The van der Waals surface area contributed by atoms with E-state index in [0.29, 0.717) is 0 Å². The number of hydrogen-bond donors (Lipinski definition) is 4. The van der Waals surface area contributed by atoms with E-state index in [1.165, 1.54) is 9.80 Å². The number of H-pyrrole nitrogens is 2. The van der Waals surface area contributed by atoms with Crippen LogP contribution in [0, 0.1) is 0 Å². The molecule has 0 aliphatic carbocycles. The summed E-state index contributed by atoms with van der Waals surface area (Å²) in [4.78, 5) is 28.9. The Kier molecular flexibility index (Phi) is 17.1. The highest BCUT2D eigenvalue weighted by Gasteiger charge is 2.42. The molecule has 30 heteroatoms. The summed E-state index contributed by atoms with van der Waals surface area (Å²) in [6.45, 7) is 10.5. The van der Waals surface area contributed by atoms with Gasteiger partial charge in [0.1, 0.15) is 11.6 Å². The van der Waals surface area contributed by atoms with E-state index in [2.05, 4.69) is 43.1 Å². The molecule has 2 fully saturated rings. The average Bonchev–Trinajstić information content (AvgIpc) is 1.62. The van der Waals surface area contributed by atoms with Crippen LogP contribution in [0.3, 0.4) is 0 Å². The van der Waals surface area contributed by atoms with E-state index in [9.17, 15) is 89.2 Å². The molecule has 12 nitrogen and oxygen atoms in total. The molecule has 2 saturated heterocycles. The number of halogens is 18. The van der Waals surface area contributed by atoms with Crippen LogP contribution in [-0.2, 0) is 37.1 Å². The van der Waals surface area contributed by atoms with Gasteiger partial charge in [0.05, 0.1) is 67.7 Å². The maximum atomic E-state index is 13.9. The zero-order chi connectivity index (χ0) is 64.4. The molecule has 0 bridgehead atoms. The highest BCUT2D eigenvalue weighted by atomic mass is 19.4. The van der Waals surface area contributed by atoms with Crippen LogP contribution < -0.4 is 19.6 Å². The van der Waals surface area contributed by atoms with Crippen molar-refractivity contribution in [3.63, 3.8) is 0 Å². The third-order valence-electron chi connectivity index (χ3n) is 14.8. The van der Waals surface area contributed by atoms with Gasteiger partial charge in [-0.2, -0.15) is 79.0 Å². The topological polar surface area (TPSA) is 137 Å². The van der Waals surface area contributed by atoms with Gasteiger partial charge in [0, 0.05) is 86.0 Å². The number of aliphatic hydroxyl groups excluding tert-OH is 2. The van der Waals surface area contributed by atoms with Crippen molar-refractivity contribution in [2.45, 2.75) is 75.2 Å². The van der Waals surface area contributed by atoms with Gasteiger partial charge in [0.2, 0.25) is 11.9 Å². The first kappa shape index (κ1) is 63.9. The van der Waals surface area contributed by atoms with Crippen LogP contribution >= 0.6 is 0 Å². The Bertz CT molecular complexity index is 3600. The third kappa shape index (κ3) is 13.5. The monoisotopic (exact) mass is 1260 g/mol. The summed E-state index contributed by atoms with van der Waals surface area (Å²) in [7, 11) is 0. The molecule has 2 aliphatic rings. The number of piperazine rings is 2. The molecule has 4 aromatic heterocycles. The number of anilines is 4. The molecule has 4 atom stereocenters. The van der Waals surface area contributed by atoms with Gasteiger partial charge in [-0.1, -0.05) is 36.4 Å². The number of pyridine rings is 2. The van der Waals surface area contributed by atoms with Gasteiger partial charge in [-0.25, -0.2) is 19.9 Å². The molecule has 0 saturated carbocycles. The summed E-state index contributed by atoms with van der Waals surface area (Å²) in [6.07, 6.45) is -26.6. The van der Waals surface area contributed by atoms with Crippen LogP contribution in [0.5, 0.6) is 0 Å². The summed E-state index contributed by atoms with van der Waals surface area (Å²) < 4.78 is 245. The lowest BCUT2D eigenvalue weighted by molar-refractivity contribution is -0.138. The lowest BCUT2D eigenvalue weighted by atomic mass is 9.99. The van der Waals surface area contributed by atoms with Crippen molar-refractivity contribution >= 4 is 45.6 Å². The van der Waals surface area contributed by atoms with Gasteiger partial charge >= 0.3 is 37.1 Å². The second-order valence-corrected chi connectivity index (χ2v) is 20.7. The number of fused-ring (bicyclic) bond motifs is 2. The van der Waals surface area contributed by atoms with E-state index in [-0.39, 0.29) is 118 Å². The van der Waals surface area contributed by atoms with Crippen molar-refractivity contribution in [1.82, 2.24) is 29.9 Å². The highest BCUT2D eigenvalue weighted by Crippen LogP contribution is 2.44. The summed E-state index contributed by atoms with van der Waals surface area (Å²) in [5.41, 5.74) is -6.03. The van der Waals surface area contributed by atoms with Crippen molar-refractivity contribution in [2.24, 2.45) is 0 Å². The molecule has 6 heterocycles. The summed E-state index contributed by atoms with van der Waals surface area (Å²) in [6, 6.07) is 11.3. The Morgan fingerprint density at radius 2 is 0.795 bits per heavy atom. The van der Waals surface area contributed by atoms with Crippen LogP contribution in [0.25, 0.3) is 44.3 Å². The van der Waals surface area contributed by atoms with Crippen LogP contribution in [0.15, 0.2) is 123 Å². The second kappa shape index (κ2) is 23.5. The maximum absolute atomic E-state index is 13.9. The fourth-order valence-electron chi connectivity index (χ4n) is 10.3. The van der Waals surface area contributed by atoms with Gasteiger partial charge in [-0.15, -0.1) is 13.2 Å². The first-order chi connectivity index (χ1) is 40.9. The predicted molar refractivity (Wildman–Crippen MR) is 290 cm³/mol. The van der Waals surface area contributed by atoms with Crippen LogP contribution in [0.2, 0.25) is 0 Å². The number of nitrogens with one attached hydrogen (secondary N) is 2. The average molecular weight is 1260 g/mol. The molecular weight excluding hydrogens is 1210 g/mol. The number of aliphatic hydroxyl groups is 2. The number of aromatic amines is 2. The Morgan fingerprint density at radius 3 is 1.08 bits per heavy atom. The lowest BCUT2D eigenvalue weighted by Gasteiger charge is -2.41. The van der Waals surface area contributed by atoms with E-state index in [1.807, 2.05) is 0 Å². The van der Waals surface area contributed by atoms with Crippen LogP contribution in [0.4, 0.5) is 103 Å². The molecule has 88 heavy (non-hydrogen) atoms. The number of aromatic nitrogens is 6. The minimum Gasteiger partial charge on any atom is -0.384 e. The molecule has 0 amide bonds. The van der Waals surface area contributed by atoms with E-state index >= 15 is 0 Å². The summed E-state index contributed by atoms with van der Waals surface area (Å²) >= 11 is 0. The van der Waals surface area contributed by atoms with E-state index in [4.69, 9.17) is 0 Å². The number of rotatable bonds is 10. The lowest BCUT2D eigenvalue weighted by Crippen LogP contribution is -2.53. The van der Waals surface area contributed by atoms with E-state index in [0.717, 1.165) is 109 Å². The fourth-order valence-corrected chi connectivity index (χ4v) is 10.3. The zero-order valence-electron chi connectivity index (χ0n) is 45.6. The minimum atomic E-state index is -4.77. The smallest absolute Gasteiger partial charge is 0.384 e.